The number of aromatic amines is 8. The summed E-state index contributed by atoms with van der Waals surface area (Å²) in [6, 6.07) is 35.0. The van der Waals surface area contributed by atoms with Gasteiger partial charge in [-0.1, -0.05) is 69.3 Å². The van der Waals surface area contributed by atoms with Gasteiger partial charge in [-0.3, -0.25) is 45.2 Å². The van der Waals surface area contributed by atoms with E-state index in [1.807, 2.05) is 147 Å². The van der Waals surface area contributed by atoms with E-state index in [-0.39, 0.29) is 0 Å². The highest BCUT2D eigenvalue weighted by atomic mass is 16.5. The van der Waals surface area contributed by atoms with Gasteiger partial charge in [0.05, 0.1) is 105 Å². The largest absolute Gasteiger partial charge is 0.380 e. The number of H-pyrrole nitrogens is 8. The topological polar surface area (TPSA) is 406 Å². The Labute approximate surface area is 735 Å². The summed E-state index contributed by atoms with van der Waals surface area (Å²) in [6.07, 6.45) is 22.6. The van der Waals surface area contributed by atoms with Crippen molar-refractivity contribution in [1.29, 1.82) is 0 Å². The van der Waals surface area contributed by atoms with E-state index < -0.39 is 0 Å². The maximum absolute atomic E-state index is 5.49. The molecular formula is C96H97N27O5. The molecule has 20 aromatic rings. The van der Waals surface area contributed by atoms with Crippen molar-refractivity contribution in [2.45, 2.75) is 101 Å². The normalized spacial score (nSPS) is 12.5. The molecule has 0 bridgehead atoms. The number of morpholine rings is 1. The minimum absolute atomic E-state index is 0.410. The number of imidazole rings is 4. The van der Waals surface area contributed by atoms with Gasteiger partial charge in [-0.05, 0) is 128 Å². The van der Waals surface area contributed by atoms with Crippen molar-refractivity contribution in [3.8, 4) is 90.6 Å². The minimum atomic E-state index is 0.410. The summed E-state index contributed by atoms with van der Waals surface area (Å²) in [5.41, 5.74) is 34.0. The molecule has 16 aromatic heterocycles. The van der Waals surface area contributed by atoms with E-state index in [9.17, 15) is 0 Å². The number of para-hydroxylation sites is 4. The number of rotatable bonds is 24. The molecular weight excluding hydrogens is 1610 g/mol. The highest BCUT2D eigenvalue weighted by molar-refractivity contribution is 5.99. The third-order valence-corrected chi connectivity index (χ3v) is 23.2. The molecule has 17 heterocycles. The molecule has 128 heavy (non-hydrogen) atoms. The summed E-state index contributed by atoms with van der Waals surface area (Å²) in [7, 11) is 6.75. The fourth-order valence-electron chi connectivity index (χ4n) is 16.3. The Hall–Kier alpha value is -14.5. The van der Waals surface area contributed by atoms with Crippen LogP contribution in [0.15, 0.2) is 177 Å². The Bertz CT molecular complexity index is 7370. The van der Waals surface area contributed by atoms with Crippen molar-refractivity contribution in [2.24, 2.45) is 0 Å². The predicted octanol–water partition coefficient (Wildman–Crippen LogP) is 16.5. The monoisotopic (exact) mass is 1710 g/mol. The maximum Gasteiger partial charge on any atom is 0.181 e. The van der Waals surface area contributed by atoms with Gasteiger partial charge < -0.3 is 54.3 Å². The van der Waals surface area contributed by atoms with Gasteiger partial charge in [0, 0.05) is 208 Å². The molecule has 0 amide bonds. The van der Waals surface area contributed by atoms with Crippen molar-refractivity contribution in [1.82, 2.24) is 136 Å². The number of aryl methyl sites for hydroxylation is 1. The predicted molar refractivity (Wildman–Crippen MR) is 496 cm³/mol. The number of hydrogen-bond acceptors (Lipinski definition) is 24. The van der Waals surface area contributed by atoms with Crippen LogP contribution >= 0.6 is 0 Å². The zero-order chi connectivity index (χ0) is 87.9. The van der Waals surface area contributed by atoms with Gasteiger partial charge in [0.2, 0.25) is 0 Å². The number of aromatic nitrogens is 24. The van der Waals surface area contributed by atoms with E-state index >= 15 is 0 Å². The molecule has 0 radical (unpaired) electrons. The van der Waals surface area contributed by atoms with E-state index in [1.165, 1.54) is 33.4 Å². The molecule has 0 aliphatic carbocycles. The first kappa shape index (κ1) is 84.4. The Kier molecular flexibility index (Phi) is 24.9. The Morgan fingerprint density at radius 1 is 0.391 bits per heavy atom. The van der Waals surface area contributed by atoms with Gasteiger partial charge in [-0.2, -0.15) is 20.4 Å². The van der Waals surface area contributed by atoms with Crippen molar-refractivity contribution in [3.63, 3.8) is 0 Å². The lowest BCUT2D eigenvalue weighted by Crippen LogP contribution is -2.35. The summed E-state index contributed by atoms with van der Waals surface area (Å²) in [4.78, 5) is 71.4. The van der Waals surface area contributed by atoms with Gasteiger partial charge in [0.25, 0.3) is 0 Å². The molecule has 646 valence electrons. The average molecular weight is 1710 g/mol. The standard InChI is InChI=1S/C26H27N7O2.C25H27N7O.C24H25N7O.C21H18N6O/c1-16-19(14-33-6-8-35-9-7-33)11-27-13-21(16)18-10-20-24(31-32-25(20)28-12-18)26-29-22-5-3-4-17(15-34-2)23(22)30-26;1-14(2)27-11-18-9-26-12-20(15(18)3)17-8-19-23(31-32-24(19)28-10-17)25-29-21-7-5-6-16(13-33-4)22(21)30-25;1-4-25-9-17-10-26-12-19(14(17)2)16-8-18-22(30-31-23(18)27-11-16)24-28-20-7-5-6-15(13-32-3)21(20)29-24;1-12-6-7-22-10-16(12)14-8-15-19(26-27-20(15)23-9-14)21-24-17-5-3-4-13(11-28-2)18(17)25-21/h3-5,10-13H,6-9,14-15H2,1-2H3,(H,29,30)(H,28,31,32);5-10,12,14,27H,11,13H2,1-4H3,(H,29,30)(H,28,31,32);5-8,10-12,25H,4,9,13H2,1-3H3,(H,28,29)(H,27,30,31);3-10H,11H2,1-2H3,(H,24,25)(H,23,26,27). The van der Waals surface area contributed by atoms with Crippen LogP contribution in [0.25, 0.3) is 179 Å². The third-order valence-electron chi connectivity index (χ3n) is 23.2. The quantitative estimate of drug-likeness (QED) is 0.0269. The molecule has 21 rings (SSSR count). The second kappa shape index (κ2) is 37.8. The van der Waals surface area contributed by atoms with E-state index in [1.54, 1.807) is 34.6 Å². The fourth-order valence-corrected chi connectivity index (χ4v) is 16.3. The lowest BCUT2D eigenvalue weighted by Gasteiger charge is -2.27. The van der Waals surface area contributed by atoms with E-state index in [2.05, 4.69) is 189 Å². The SMILES string of the molecule is CCNCc1cncc(-c2cnc3n[nH]c(-c4nc5c(COC)cccc5[nH]4)c3c2)c1C.COCc1cccc2[nH]c(-c3[nH]nc4ncc(-c5cncc(CN6CCOCC6)c5C)cc34)nc12.COCc1cccc2[nH]c(-c3[nH]nc4ncc(-c5cncc(CNC(C)C)c5C)cc34)nc12.COCc1cccc2[nH]c(-c3[nH]nc4ncc(-c5cnccc5C)cc34)nc12. The van der Waals surface area contributed by atoms with Crippen LogP contribution < -0.4 is 10.6 Å². The van der Waals surface area contributed by atoms with Gasteiger partial charge >= 0.3 is 0 Å². The molecule has 0 spiro atoms. The molecule has 1 aliphatic heterocycles. The second-order valence-corrected chi connectivity index (χ2v) is 31.9. The fraction of sp³-hybridized carbons (Fsp3) is 0.250. The summed E-state index contributed by atoms with van der Waals surface area (Å²) in [6.45, 7) is 23.7. The number of benzene rings is 4. The summed E-state index contributed by atoms with van der Waals surface area (Å²) in [5, 5.41) is 40.5. The summed E-state index contributed by atoms with van der Waals surface area (Å²) in [5.74, 6) is 2.89. The highest BCUT2D eigenvalue weighted by Crippen LogP contribution is 2.38. The van der Waals surface area contributed by atoms with Crippen LogP contribution in [-0.2, 0) is 69.7 Å². The first-order chi connectivity index (χ1) is 62.7. The molecule has 1 aliphatic rings. The number of ether oxygens (including phenoxy) is 5. The second-order valence-electron chi connectivity index (χ2n) is 31.9. The van der Waals surface area contributed by atoms with Crippen LogP contribution in [0.3, 0.4) is 0 Å². The third kappa shape index (κ3) is 17.4. The molecule has 1 saturated heterocycles. The van der Waals surface area contributed by atoms with Crippen molar-refractivity contribution >= 4 is 88.3 Å². The highest BCUT2D eigenvalue weighted by Gasteiger charge is 2.24. The van der Waals surface area contributed by atoms with E-state index in [0.717, 1.165) is 237 Å². The number of hydrogen-bond donors (Lipinski definition) is 10. The lowest BCUT2D eigenvalue weighted by atomic mass is 9.99. The minimum Gasteiger partial charge on any atom is -0.380 e. The van der Waals surface area contributed by atoms with Crippen LogP contribution in [0.2, 0.25) is 0 Å². The zero-order valence-corrected chi connectivity index (χ0v) is 72.9. The number of fused-ring (bicyclic) bond motifs is 8. The molecule has 32 heteroatoms. The number of methoxy groups -OCH3 is 4. The van der Waals surface area contributed by atoms with Gasteiger partial charge in [-0.25, -0.2) is 39.9 Å². The molecule has 10 N–H and O–H groups in total. The molecule has 4 aromatic carbocycles. The van der Waals surface area contributed by atoms with Gasteiger partial charge in [0.1, 0.15) is 22.8 Å². The van der Waals surface area contributed by atoms with E-state index in [4.69, 9.17) is 43.6 Å². The molecule has 1 fully saturated rings. The van der Waals surface area contributed by atoms with Crippen molar-refractivity contribution in [2.75, 3.05) is 61.3 Å². The van der Waals surface area contributed by atoms with Crippen LogP contribution in [0.1, 0.15) is 82.0 Å². The van der Waals surface area contributed by atoms with Crippen LogP contribution in [-0.4, -0.2) is 193 Å². The van der Waals surface area contributed by atoms with Gasteiger partial charge in [-0.15, -0.1) is 0 Å². The number of pyridine rings is 8. The molecule has 0 saturated carbocycles. The van der Waals surface area contributed by atoms with Crippen molar-refractivity contribution in [3.05, 3.63) is 239 Å². The summed E-state index contributed by atoms with van der Waals surface area (Å²) < 4.78 is 26.8. The first-order valence-electron chi connectivity index (χ1n) is 42.4. The number of nitrogens with zero attached hydrogens (tertiary/aromatic N) is 17. The zero-order valence-electron chi connectivity index (χ0n) is 72.9. The maximum atomic E-state index is 5.49. The van der Waals surface area contributed by atoms with Gasteiger partial charge in [0.15, 0.2) is 45.9 Å². The molecule has 0 unspecified atom stereocenters. The molecule has 32 nitrogen and oxygen atoms in total. The Morgan fingerprint density at radius 3 is 1.07 bits per heavy atom. The van der Waals surface area contributed by atoms with Crippen LogP contribution in [0.4, 0.5) is 0 Å². The smallest absolute Gasteiger partial charge is 0.181 e. The Balaban J connectivity index is 0.000000116. The van der Waals surface area contributed by atoms with Crippen LogP contribution in [0.5, 0.6) is 0 Å². The molecule has 0 atom stereocenters. The number of nitrogens with one attached hydrogen (secondary N) is 10. The van der Waals surface area contributed by atoms with Crippen molar-refractivity contribution < 1.29 is 23.7 Å². The van der Waals surface area contributed by atoms with Crippen LogP contribution in [0, 0.1) is 27.7 Å². The first-order valence-corrected chi connectivity index (χ1v) is 42.4. The lowest BCUT2D eigenvalue weighted by molar-refractivity contribution is 0.0341. The Morgan fingerprint density at radius 2 is 0.727 bits per heavy atom. The average Bonchev–Trinajstić information content (AvgIpc) is 1.62. The van der Waals surface area contributed by atoms with E-state index in [0.29, 0.717) is 55.1 Å². The summed E-state index contributed by atoms with van der Waals surface area (Å²) >= 11 is 0.